The predicted octanol–water partition coefficient (Wildman–Crippen LogP) is 4.07. The predicted molar refractivity (Wildman–Crippen MR) is 86.4 cm³/mol. The minimum atomic E-state index is -4.38. The topological polar surface area (TPSA) is 45.2 Å². The second-order valence-electron chi connectivity index (χ2n) is 5.61. The lowest BCUT2D eigenvalue weighted by Gasteiger charge is -2.13. The molecule has 1 fully saturated rings. The van der Waals surface area contributed by atoms with E-state index in [0.29, 0.717) is 16.5 Å². The number of aromatic nitrogens is 1. The number of hydrogen-bond donors (Lipinski definition) is 1. The Morgan fingerprint density at radius 2 is 2.04 bits per heavy atom. The lowest BCUT2D eigenvalue weighted by Crippen LogP contribution is -2.29. The highest BCUT2D eigenvalue weighted by atomic mass is 32.1. The number of hydrogen-bond acceptors (Lipinski definition) is 4. The Morgan fingerprint density at radius 3 is 2.75 bits per heavy atom. The van der Waals surface area contributed by atoms with Crippen molar-refractivity contribution < 1.29 is 18.0 Å². The van der Waals surface area contributed by atoms with Crippen molar-refractivity contribution >= 4 is 28.1 Å². The third kappa shape index (κ3) is 4.05. The molecule has 2 aromatic rings. The molecule has 0 saturated carbocycles. The van der Waals surface area contributed by atoms with Crippen LogP contribution in [0.1, 0.15) is 24.1 Å². The van der Waals surface area contributed by atoms with Crippen LogP contribution < -0.4 is 5.32 Å². The molecule has 24 heavy (non-hydrogen) atoms. The second kappa shape index (κ2) is 6.80. The number of likely N-dealkylation sites (tertiary alicyclic amines) is 1. The monoisotopic (exact) mass is 355 g/mol. The smallest absolute Gasteiger partial charge is 0.342 e. The van der Waals surface area contributed by atoms with Gasteiger partial charge < -0.3 is 10.2 Å². The van der Waals surface area contributed by atoms with Crippen molar-refractivity contribution in [1.82, 2.24) is 9.88 Å². The molecule has 1 aliphatic rings. The van der Waals surface area contributed by atoms with Gasteiger partial charge in [0, 0.05) is 24.2 Å². The van der Waals surface area contributed by atoms with Gasteiger partial charge in [-0.25, -0.2) is 4.98 Å². The average Bonchev–Trinajstić information content (AvgIpc) is 3.18. The van der Waals surface area contributed by atoms with Gasteiger partial charge in [-0.3, -0.25) is 4.79 Å². The Bertz CT molecular complexity index is 723. The molecule has 1 aromatic carbocycles. The first-order chi connectivity index (χ1) is 11.4. The Balaban J connectivity index is 1.65. The summed E-state index contributed by atoms with van der Waals surface area (Å²) >= 11 is 1.27. The summed E-state index contributed by atoms with van der Waals surface area (Å²) in [4.78, 5) is 18.2. The molecule has 8 heteroatoms. The van der Waals surface area contributed by atoms with Gasteiger partial charge in [0.15, 0.2) is 5.13 Å². The van der Waals surface area contributed by atoms with E-state index < -0.39 is 11.7 Å². The van der Waals surface area contributed by atoms with Gasteiger partial charge in [-0.05, 0) is 31.0 Å². The number of carbonyl (C=O) groups excluding carboxylic acids is 1. The van der Waals surface area contributed by atoms with Crippen LogP contribution in [0.5, 0.6) is 0 Å². The van der Waals surface area contributed by atoms with E-state index in [1.807, 2.05) is 4.90 Å². The van der Waals surface area contributed by atoms with Crippen LogP contribution in [0.4, 0.5) is 24.0 Å². The van der Waals surface area contributed by atoms with Crippen LogP contribution in [0.25, 0.3) is 0 Å². The maximum absolute atomic E-state index is 12.7. The first-order valence-electron chi connectivity index (χ1n) is 7.58. The molecule has 3 rings (SSSR count). The first kappa shape index (κ1) is 16.8. The van der Waals surface area contributed by atoms with Crippen molar-refractivity contribution in [1.29, 1.82) is 0 Å². The number of carbonyl (C=O) groups is 1. The summed E-state index contributed by atoms with van der Waals surface area (Å²) in [6.07, 6.45) is -2.09. The molecule has 0 atom stereocenters. The van der Waals surface area contributed by atoms with E-state index in [1.54, 1.807) is 11.4 Å². The van der Waals surface area contributed by atoms with Gasteiger partial charge in [0.05, 0.1) is 17.7 Å². The van der Waals surface area contributed by atoms with Crippen molar-refractivity contribution in [3.63, 3.8) is 0 Å². The number of thiazole rings is 1. The van der Waals surface area contributed by atoms with Crippen LogP contribution in [0.2, 0.25) is 0 Å². The highest BCUT2D eigenvalue weighted by molar-refractivity contribution is 7.13. The Kier molecular flexibility index (Phi) is 4.75. The van der Waals surface area contributed by atoms with Crippen molar-refractivity contribution in [3.05, 3.63) is 40.9 Å². The summed E-state index contributed by atoms with van der Waals surface area (Å²) in [5.41, 5.74) is 0.233. The Hall–Kier alpha value is -2.09. The maximum atomic E-state index is 12.7. The van der Waals surface area contributed by atoms with Gasteiger partial charge in [-0.15, -0.1) is 11.3 Å². The van der Waals surface area contributed by atoms with Crippen LogP contribution >= 0.6 is 11.3 Å². The lowest BCUT2D eigenvalue weighted by molar-refractivity contribution is -0.137. The van der Waals surface area contributed by atoms with Gasteiger partial charge in [-0.1, -0.05) is 6.07 Å². The minimum Gasteiger partial charge on any atom is -0.342 e. The summed E-state index contributed by atoms with van der Waals surface area (Å²) < 4.78 is 38.2. The van der Waals surface area contributed by atoms with Crippen molar-refractivity contribution in [2.45, 2.75) is 25.4 Å². The largest absolute Gasteiger partial charge is 0.416 e. The lowest BCUT2D eigenvalue weighted by atomic mass is 10.2. The molecular formula is C16H16F3N3OS. The quantitative estimate of drug-likeness (QED) is 0.899. The zero-order valence-corrected chi connectivity index (χ0v) is 13.6. The van der Waals surface area contributed by atoms with Crippen molar-refractivity contribution in [2.24, 2.45) is 0 Å². The summed E-state index contributed by atoms with van der Waals surface area (Å²) in [6.45, 7) is 1.58. The van der Waals surface area contributed by atoms with Crippen LogP contribution in [0.3, 0.4) is 0 Å². The van der Waals surface area contributed by atoms with Crippen LogP contribution in [-0.2, 0) is 17.4 Å². The van der Waals surface area contributed by atoms with Gasteiger partial charge >= 0.3 is 6.18 Å². The molecule has 0 aliphatic carbocycles. The summed E-state index contributed by atoms with van der Waals surface area (Å²) in [7, 11) is 0. The van der Waals surface area contributed by atoms with Gasteiger partial charge in [-0.2, -0.15) is 13.2 Å². The second-order valence-corrected chi connectivity index (χ2v) is 6.47. The fourth-order valence-electron chi connectivity index (χ4n) is 2.58. The number of alkyl halides is 3. The molecule has 0 bridgehead atoms. The van der Waals surface area contributed by atoms with Gasteiger partial charge in [0.2, 0.25) is 5.91 Å². The van der Waals surface area contributed by atoms with Gasteiger partial charge in [0.25, 0.3) is 0 Å². The maximum Gasteiger partial charge on any atom is 0.416 e. The van der Waals surface area contributed by atoms with E-state index in [1.165, 1.54) is 17.4 Å². The van der Waals surface area contributed by atoms with E-state index in [0.717, 1.165) is 38.1 Å². The molecule has 4 nitrogen and oxygen atoms in total. The Labute approximate surface area is 141 Å². The van der Waals surface area contributed by atoms with E-state index in [4.69, 9.17) is 0 Å². The number of halogens is 3. The zero-order chi connectivity index (χ0) is 17.2. The normalized spacial score (nSPS) is 14.9. The third-order valence-corrected chi connectivity index (χ3v) is 4.59. The minimum absolute atomic E-state index is 0.0448. The zero-order valence-electron chi connectivity index (χ0n) is 12.8. The van der Waals surface area contributed by atoms with Gasteiger partial charge in [0.1, 0.15) is 0 Å². The highest BCUT2D eigenvalue weighted by Crippen LogP contribution is 2.31. The third-order valence-electron chi connectivity index (χ3n) is 3.78. The number of rotatable bonds is 4. The Morgan fingerprint density at radius 1 is 1.29 bits per heavy atom. The van der Waals surface area contributed by atoms with Crippen LogP contribution in [0, 0.1) is 0 Å². The molecule has 1 N–H and O–H groups in total. The van der Waals surface area contributed by atoms with E-state index >= 15 is 0 Å². The molecule has 1 saturated heterocycles. The number of nitrogens with one attached hydrogen (secondary N) is 1. The molecule has 0 radical (unpaired) electrons. The number of benzene rings is 1. The fourth-order valence-corrected chi connectivity index (χ4v) is 3.31. The fraction of sp³-hybridized carbons (Fsp3) is 0.375. The standard InChI is InChI=1S/C16H16F3N3OS/c17-16(18,19)11-4-3-5-12(8-11)20-15-21-13(10-24-15)9-14(23)22-6-1-2-7-22/h3-5,8,10H,1-2,6-7,9H2,(H,20,21). The number of anilines is 2. The molecular weight excluding hydrogens is 339 g/mol. The molecule has 1 amide bonds. The summed E-state index contributed by atoms with van der Waals surface area (Å²) in [6, 6.07) is 4.95. The first-order valence-corrected chi connectivity index (χ1v) is 8.46. The van der Waals surface area contributed by atoms with Crippen LogP contribution in [-0.4, -0.2) is 28.9 Å². The van der Waals surface area contributed by atoms with E-state index in [9.17, 15) is 18.0 Å². The number of amides is 1. The SMILES string of the molecule is O=C(Cc1csc(Nc2cccc(C(F)(F)F)c2)n1)N1CCCC1. The molecule has 0 spiro atoms. The highest BCUT2D eigenvalue weighted by Gasteiger charge is 2.30. The van der Waals surface area contributed by atoms with Crippen molar-refractivity contribution in [3.8, 4) is 0 Å². The summed E-state index contributed by atoms with van der Waals surface area (Å²) in [5.74, 6) is 0.0448. The van der Waals surface area contributed by atoms with Crippen molar-refractivity contribution in [2.75, 3.05) is 18.4 Å². The molecule has 128 valence electrons. The van der Waals surface area contributed by atoms with E-state index in [2.05, 4.69) is 10.3 Å². The molecule has 0 unspecified atom stereocenters. The molecule has 1 aliphatic heterocycles. The van der Waals surface area contributed by atoms with Crippen LogP contribution in [0.15, 0.2) is 29.6 Å². The van der Waals surface area contributed by atoms with E-state index in [-0.39, 0.29) is 12.3 Å². The molecule has 2 heterocycles. The number of nitrogens with zero attached hydrogens (tertiary/aromatic N) is 2. The molecule has 1 aromatic heterocycles. The summed E-state index contributed by atoms with van der Waals surface area (Å²) in [5, 5.41) is 5.09. The average molecular weight is 355 g/mol.